The molecule has 0 spiro atoms. The fourth-order valence-corrected chi connectivity index (χ4v) is 2.09. The van der Waals surface area contributed by atoms with Gasteiger partial charge in [-0.05, 0) is 18.6 Å². The number of thiocarbonyl (C=S) groups is 1. The van der Waals surface area contributed by atoms with Crippen LogP contribution >= 0.6 is 24.0 Å². The minimum atomic E-state index is -5.62. The monoisotopic (exact) mass is 324 g/mol. The van der Waals surface area contributed by atoms with E-state index < -0.39 is 27.6 Å². The minimum Gasteiger partial charge on any atom is -0.478 e. The minimum absolute atomic E-state index is 0.0753. The molecule has 19 heavy (non-hydrogen) atoms. The van der Waals surface area contributed by atoms with Crippen LogP contribution in [0.2, 0.25) is 0 Å². The zero-order valence-corrected chi connectivity index (χ0v) is 12.2. The van der Waals surface area contributed by atoms with Crippen molar-refractivity contribution in [3.63, 3.8) is 0 Å². The van der Waals surface area contributed by atoms with Crippen LogP contribution in [0.15, 0.2) is 0 Å². The smallest absolute Gasteiger partial charge is 0.464 e. The van der Waals surface area contributed by atoms with Gasteiger partial charge >= 0.3 is 11.4 Å². The van der Waals surface area contributed by atoms with Crippen molar-refractivity contribution in [1.82, 2.24) is 0 Å². The number of hydrogen-bond acceptors (Lipinski definition) is 3. The standard InChI is InChI=1S/C11H17F5OS2/c1-2-3-4-5-6-7-8-17-9(18)19-11(15,16)10(12,13)14/h2-8H2,1H3. The molecule has 1 nitrogen and oxygen atoms in total. The summed E-state index contributed by atoms with van der Waals surface area (Å²) >= 11 is 3.58. The summed E-state index contributed by atoms with van der Waals surface area (Å²) in [5, 5.41) is -4.90. The van der Waals surface area contributed by atoms with Crippen LogP contribution in [0, 0.1) is 0 Å². The summed E-state index contributed by atoms with van der Waals surface area (Å²) in [6.07, 6.45) is 0.157. The van der Waals surface area contributed by atoms with Gasteiger partial charge in [0.1, 0.15) is 0 Å². The second-order valence-electron chi connectivity index (χ2n) is 3.98. The zero-order chi connectivity index (χ0) is 14.9. The molecule has 0 saturated carbocycles. The zero-order valence-electron chi connectivity index (χ0n) is 10.6. The van der Waals surface area contributed by atoms with Crippen molar-refractivity contribution in [2.75, 3.05) is 6.61 Å². The van der Waals surface area contributed by atoms with E-state index in [4.69, 9.17) is 4.74 Å². The van der Waals surface area contributed by atoms with Crippen LogP contribution in [0.3, 0.4) is 0 Å². The Bertz CT molecular complexity index is 268. The lowest BCUT2D eigenvalue weighted by Crippen LogP contribution is -2.34. The van der Waals surface area contributed by atoms with Crippen molar-refractivity contribution < 1.29 is 26.7 Å². The molecule has 0 radical (unpaired) electrons. The van der Waals surface area contributed by atoms with E-state index in [9.17, 15) is 22.0 Å². The summed E-state index contributed by atoms with van der Waals surface area (Å²) in [6.45, 7) is 2.16. The Balaban J connectivity index is 3.71. The van der Waals surface area contributed by atoms with Gasteiger partial charge in [0.2, 0.25) is 4.38 Å². The molecule has 0 aromatic carbocycles. The largest absolute Gasteiger partial charge is 0.478 e. The second kappa shape index (κ2) is 8.94. The highest BCUT2D eigenvalue weighted by Gasteiger charge is 2.59. The van der Waals surface area contributed by atoms with E-state index in [0.717, 1.165) is 32.1 Å². The number of thioether (sulfide) groups is 1. The maximum atomic E-state index is 12.6. The van der Waals surface area contributed by atoms with Gasteiger partial charge in [-0.3, -0.25) is 0 Å². The van der Waals surface area contributed by atoms with Crippen LogP contribution in [-0.4, -0.2) is 22.4 Å². The molecule has 0 aliphatic heterocycles. The van der Waals surface area contributed by atoms with Gasteiger partial charge in [0.15, 0.2) is 0 Å². The molecule has 0 bridgehead atoms. The van der Waals surface area contributed by atoms with Crippen molar-refractivity contribution in [3.05, 3.63) is 0 Å². The van der Waals surface area contributed by atoms with Crippen LogP contribution in [0.4, 0.5) is 22.0 Å². The molecule has 0 atom stereocenters. The third-order valence-electron chi connectivity index (χ3n) is 2.26. The fourth-order valence-electron chi connectivity index (χ4n) is 1.23. The van der Waals surface area contributed by atoms with E-state index in [2.05, 4.69) is 19.1 Å². The van der Waals surface area contributed by atoms with Crippen molar-refractivity contribution in [3.8, 4) is 0 Å². The van der Waals surface area contributed by atoms with Crippen molar-refractivity contribution in [2.45, 2.75) is 56.9 Å². The number of ether oxygens (including phenoxy) is 1. The molecule has 0 unspecified atom stereocenters. The highest BCUT2D eigenvalue weighted by Crippen LogP contribution is 2.44. The molecule has 0 rings (SSSR count). The lowest BCUT2D eigenvalue weighted by molar-refractivity contribution is -0.237. The number of hydrogen-bond donors (Lipinski definition) is 0. The molecule has 0 fully saturated rings. The van der Waals surface area contributed by atoms with Crippen LogP contribution < -0.4 is 0 Å². The Morgan fingerprint density at radius 1 is 1.00 bits per heavy atom. The molecule has 0 N–H and O–H groups in total. The molecule has 8 heteroatoms. The molecular weight excluding hydrogens is 307 g/mol. The van der Waals surface area contributed by atoms with E-state index >= 15 is 0 Å². The van der Waals surface area contributed by atoms with E-state index in [1.807, 2.05) is 0 Å². The van der Waals surface area contributed by atoms with Gasteiger partial charge in [-0.1, -0.05) is 39.0 Å². The number of halogens is 5. The predicted octanol–water partition coefficient (Wildman–Crippen LogP) is 5.54. The Hall–Kier alpha value is -0.110. The summed E-state index contributed by atoms with van der Waals surface area (Å²) < 4.78 is 64.7. The summed E-state index contributed by atoms with van der Waals surface area (Å²) in [5.41, 5.74) is 0. The molecule has 0 aromatic heterocycles. The third-order valence-corrected chi connectivity index (χ3v) is 3.40. The fraction of sp³-hybridized carbons (Fsp3) is 0.909. The van der Waals surface area contributed by atoms with Crippen molar-refractivity contribution in [1.29, 1.82) is 0 Å². The summed E-state index contributed by atoms with van der Waals surface area (Å²) in [5.74, 6) is 0. The molecular formula is C11H17F5OS2. The van der Waals surface area contributed by atoms with Crippen LogP contribution in [0.1, 0.15) is 45.4 Å². The molecule has 0 heterocycles. The van der Waals surface area contributed by atoms with Gasteiger partial charge in [0.05, 0.1) is 6.61 Å². The number of rotatable bonds is 8. The normalized spacial score (nSPS) is 12.5. The van der Waals surface area contributed by atoms with Crippen LogP contribution in [0.25, 0.3) is 0 Å². The average molecular weight is 324 g/mol. The van der Waals surface area contributed by atoms with Gasteiger partial charge in [-0.15, -0.1) is 0 Å². The molecule has 114 valence electrons. The first-order chi connectivity index (χ1) is 8.70. The second-order valence-corrected chi connectivity index (χ2v) is 5.70. The van der Waals surface area contributed by atoms with E-state index in [-0.39, 0.29) is 6.61 Å². The third kappa shape index (κ3) is 8.62. The Morgan fingerprint density at radius 2 is 1.53 bits per heavy atom. The lowest BCUT2D eigenvalue weighted by atomic mass is 10.1. The highest BCUT2D eigenvalue weighted by molar-refractivity contribution is 8.23. The topological polar surface area (TPSA) is 9.23 Å². The average Bonchev–Trinajstić information content (AvgIpc) is 2.25. The highest BCUT2D eigenvalue weighted by atomic mass is 32.2. The Morgan fingerprint density at radius 3 is 2.05 bits per heavy atom. The van der Waals surface area contributed by atoms with E-state index in [0.29, 0.717) is 6.42 Å². The van der Waals surface area contributed by atoms with Crippen molar-refractivity contribution >= 4 is 28.4 Å². The van der Waals surface area contributed by atoms with Gasteiger partial charge < -0.3 is 4.74 Å². The van der Waals surface area contributed by atoms with Gasteiger partial charge in [-0.25, -0.2) is 0 Å². The van der Waals surface area contributed by atoms with Gasteiger partial charge in [-0.2, -0.15) is 22.0 Å². The number of alkyl halides is 5. The molecule has 0 aliphatic rings. The Labute approximate surface area is 119 Å². The van der Waals surface area contributed by atoms with E-state index in [1.54, 1.807) is 0 Å². The first-order valence-corrected chi connectivity index (χ1v) is 7.23. The first-order valence-electron chi connectivity index (χ1n) is 6.01. The Kier molecular flexibility index (Phi) is 8.89. The number of unbranched alkanes of at least 4 members (excludes halogenated alkanes) is 5. The molecule has 0 amide bonds. The quantitative estimate of drug-likeness (QED) is 0.330. The van der Waals surface area contributed by atoms with Gasteiger partial charge in [0, 0.05) is 11.8 Å². The van der Waals surface area contributed by atoms with Gasteiger partial charge in [0.25, 0.3) is 0 Å². The SMILES string of the molecule is CCCCCCCCOC(=S)SC(F)(F)C(F)(F)F. The summed E-state index contributed by atoms with van der Waals surface area (Å²) in [7, 11) is 0. The predicted molar refractivity (Wildman–Crippen MR) is 70.5 cm³/mol. The summed E-state index contributed by atoms with van der Waals surface area (Å²) in [4.78, 5) is 0. The van der Waals surface area contributed by atoms with E-state index in [1.165, 1.54) is 0 Å². The lowest BCUT2D eigenvalue weighted by Gasteiger charge is -2.18. The van der Waals surface area contributed by atoms with Crippen LogP contribution in [0.5, 0.6) is 0 Å². The maximum absolute atomic E-state index is 12.6. The van der Waals surface area contributed by atoms with Crippen molar-refractivity contribution in [2.24, 2.45) is 0 Å². The molecule has 0 aliphatic carbocycles. The molecule has 0 aromatic rings. The molecule has 0 saturated heterocycles. The summed E-state index contributed by atoms with van der Waals surface area (Å²) in [6, 6.07) is 0. The van der Waals surface area contributed by atoms with Crippen LogP contribution in [-0.2, 0) is 4.74 Å². The maximum Gasteiger partial charge on any atom is 0.464 e. The first kappa shape index (κ1) is 18.9.